The minimum atomic E-state index is -0.373. The van der Waals surface area contributed by atoms with Gasteiger partial charge in [-0.3, -0.25) is 0 Å². The Hall–Kier alpha value is -3.94. The van der Waals surface area contributed by atoms with Crippen molar-refractivity contribution in [1.29, 1.82) is 0 Å². The van der Waals surface area contributed by atoms with Crippen molar-refractivity contribution < 1.29 is 4.58 Å². The highest BCUT2D eigenvalue weighted by atomic mass is 15.0. The Labute approximate surface area is 217 Å². The molecule has 4 nitrogen and oxygen atoms in total. The molecule has 2 aromatic carbocycles. The lowest BCUT2D eigenvalue weighted by Gasteiger charge is -2.25. The molecule has 0 spiro atoms. The molecule has 0 radical (unpaired) electrons. The molecule has 0 saturated carbocycles. The zero-order chi connectivity index (χ0) is 27.1. The number of hydrogen-bond donors (Lipinski definition) is 0. The first kappa shape index (κ1) is 28.3. The van der Waals surface area contributed by atoms with Crippen LogP contribution in [0.1, 0.15) is 64.3 Å². The van der Waals surface area contributed by atoms with Crippen LogP contribution in [0.15, 0.2) is 71.9 Å². The molecule has 2 rings (SSSR count). The van der Waals surface area contributed by atoms with Gasteiger partial charge in [-0.15, -0.1) is 0 Å². The van der Waals surface area contributed by atoms with Crippen LogP contribution in [0.4, 0.5) is 0 Å². The fourth-order valence-corrected chi connectivity index (χ4v) is 4.59. The van der Waals surface area contributed by atoms with Gasteiger partial charge >= 0.3 is 17.8 Å². The molecule has 0 aromatic heterocycles. The molecule has 36 heavy (non-hydrogen) atoms. The number of hydrogen-bond acceptors (Lipinski definition) is 0. The van der Waals surface area contributed by atoms with Crippen molar-refractivity contribution in [2.75, 3.05) is 7.05 Å². The fourth-order valence-electron chi connectivity index (χ4n) is 4.59. The normalized spacial score (nSPS) is 14.5. The second-order valence-electron chi connectivity index (χ2n) is 11.1. The maximum absolute atomic E-state index is 5.91. The van der Waals surface area contributed by atoms with Crippen molar-refractivity contribution in [1.82, 2.24) is 0 Å². The Morgan fingerprint density at radius 1 is 0.972 bits per heavy atom. The minimum Gasteiger partial charge on any atom is -0.211 e. The summed E-state index contributed by atoms with van der Waals surface area (Å²) >= 11 is 0. The Balaban J connectivity index is 2.49. The standard InChI is InChI=1S/C32H40N4/c1-23(29(34-8)25-17-13-12-14-18-25)30(35-9)26-19-15-16-24(20-26)22-32(5,6)28(36(10)11)21-27(33-7)31(2,3)4/h7-9,12-21,27,30H,10,22H2,1-6,11H3/q+4. The smallest absolute Gasteiger partial charge is 0.211 e. The number of nitrogens with zero attached hydrogens (tertiary/aromatic N) is 4. The van der Waals surface area contributed by atoms with Crippen molar-refractivity contribution >= 4 is 12.4 Å². The van der Waals surface area contributed by atoms with Crippen molar-refractivity contribution in [2.24, 2.45) is 10.8 Å². The van der Waals surface area contributed by atoms with Crippen molar-refractivity contribution in [3.63, 3.8) is 0 Å². The average Bonchev–Trinajstić information content (AvgIpc) is 2.80. The van der Waals surface area contributed by atoms with Crippen LogP contribution in [0, 0.1) is 30.5 Å². The van der Waals surface area contributed by atoms with Gasteiger partial charge in [0.1, 0.15) is 19.3 Å². The molecule has 0 N–H and O–H groups in total. The van der Waals surface area contributed by atoms with Gasteiger partial charge in [0.25, 0.3) is 19.7 Å². The SMILES string of the molecule is C#[N+]C(=C(C)C([N+]#C)c1cccc(CC(C)(C)C(=CC([N+]#C)C(C)(C)C)[N+](=C)C)c1)c1ccccc1. The summed E-state index contributed by atoms with van der Waals surface area (Å²) in [6.07, 6.45) is 2.91. The lowest BCUT2D eigenvalue weighted by Crippen LogP contribution is -2.29. The van der Waals surface area contributed by atoms with Crippen LogP contribution in [-0.4, -0.2) is 24.4 Å². The van der Waals surface area contributed by atoms with E-state index in [4.69, 9.17) is 19.7 Å². The van der Waals surface area contributed by atoms with Crippen LogP contribution < -0.4 is 0 Å². The van der Waals surface area contributed by atoms with Crippen LogP contribution in [-0.2, 0) is 6.42 Å². The van der Waals surface area contributed by atoms with E-state index in [2.05, 4.69) is 74.1 Å². The molecule has 0 fully saturated rings. The largest absolute Gasteiger partial charge is 0.354 e. The molecule has 0 heterocycles. The monoisotopic (exact) mass is 480 g/mol. The van der Waals surface area contributed by atoms with E-state index in [1.54, 1.807) is 0 Å². The van der Waals surface area contributed by atoms with E-state index < -0.39 is 0 Å². The van der Waals surface area contributed by atoms with Gasteiger partial charge in [0.15, 0.2) is 5.70 Å². The zero-order valence-corrected chi connectivity index (χ0v) is 22.9. The molecular formula is C32H40N4+4. The van der Waals surface area contributed by atoms with E-state index in [1.807, 2.05) is 61.0 Å². The summed E-state index contributed by atoms with van der Waals surface area (Å²) in [4.78, 5) is 12.4. The number of allylic oxidation sites excluding steroid dienone is 1. The first-order valence-corrected chi connectivity index (χ1v) is 12.2. The molecule has 0 aliphatic heterocycles. The van der Waals surface area contributed by atoms with Crippen LogP contribution in [0.5, 0.6) is 0 Å². The summed E-state index contributed by atoms with van der Waals surface area (Å²) in [5.41, 5.74) is 5.39. The average molecular weight is 481 g/mol. The highest BCUT2D eigenvalue weighted by Crippen LogP contribution is 2.36. The van der Waals surface area contributed by atoms with E-state index >= 15 is 0 Å². The van der Waals surface area contributed by atoms with Gasteiger partial charge in [0.05, 0.1) is 17.1 Å². The quantitative estimate of drug-likeness (QED) is 0.267. The predicted molar refractivity (Wildman–Crippen MR) is 155 cm³/mol. The molecule has 4 heteroatoms. The zero-order valence-electron chi connectivity index (χ0n) is 22.9. The summed E-state index contributed by atoms with van der Waals surface area (Å²) < 4.78 is 1.91. The molecule has 2 unspecified atom stereocenters. The Morgan fingerprint density at radius 3 is 2.11 bits per heavy atom. The topological polar surface area (TPSA) is 16.1 Å². The molecule has 0 bridgehead atoms. The van der Waals surface area contributed by atoms with Gasteiger partial charge in [-0.1, -0.05) is 66.9 Å². The summed E-state index contributed by atoms with van der Waals surface area (Å²) in [6, 6.07) is 17.7. The van der Waals surface area contributed by atoms with Gasteiger partial charge in [0.2, 0.25) is 0 Å². The molecular weight excluding hydrogens is 440 g/mol. The Bertz CT molecular complexity index is 1280. The Morgan fingerprint density at radius 2 is 1.61 bits per heavy atom. The number of rotatable bonds is 8. The van der Waals surface area contributed by atoms with E-state index in [-0.39, 0.29) is 22.9 Å². The van der Waals surface area contributed by atoms with Gasteiger partial charge in [0, 0.05) is 11.0 Å². The minimum absolute atomic E-state index is 0.101. The third kappa shape index (κ3) is 6.81. The van der Waals surface area contributed by atoms with Crippen molar-refractivity contribution in [3.05, 3.63) is 103 Å². The highest BCUT2D eigenvalue weighted by molar-refractivity contribution is 5.75. The third-order valence-corrected chi connectivity index (χ3v) is 6.49. The first-order chi connectivity index (χ1) is 16.8. The van der Waals surface area contributed by atoms with E-state index in [9.17, 15) is 0 Å². The molecule has 2 atom stereocenters. The van der Waals surface area contributed by atoms with E-state index in [0.717, 1.165) is 34.4 Å². The van der Waals surface area contributed by atoms with Gasteiger partial charge in [-0.2, -0.15) is 0 Å². The van der Waals surface area contributed by atoms with E-state index in [1.165, 1.54) is 0 Å². The molecule has 0 amide bonds. The molecule has 184 valence electrons. The van der Waals surface area contributed by atoms with Gasteiger partial charge in [-0.05, 0) is 55.8 Å². The maximum Gasteiger partial charge on any atom is 0.354 e. The van der Waals surface area contributed by atoms with Crippen LogP contribution >= 0.6 is 0 Å². The summed E-state index contributed by atoms with van der Waals surface area (Å²) in [6.45, 7) is 34.4. The van der Waals surface area contributed by atoms with Gasteiger partial charge in [-0.25, -0.2) is 4.58 Å². The van der Waals surface area contributed by atoms with Crippen LogP contribution in [0.3, 0.4) is 0 Å². The van der Waals surface area contributed by atoms with Crippen LogP contribution in [0.25, 0.3) is 20.2 Å². The maximum atomic E-state index is 5.91. The molecule has 2 aromatic rings. The summed E-state index contributed by atoms with van der Waals surface area (Å²) in [7, 11) is 1.96. The lowest BCUT2D eigenvalue weighted by atomic mass is 9.78. The fraction of sp³-hybridized carbons (Fsp3) is 0.375. The lowest BCUT2D eigenvalue weighted by molar-refractivity contribution is -0.449. The molecule has 0 aliphatic carbocycles. The predicted octanol–water partition coefficient (Wildman–Crippen LogP) is 8.26. The highest BCUT2D eigenvalue weighted by Gasteiger charge is 2.38. The van der Waals surface area contributed by atoms with Crippen molar-refractivity contribution in [3.8, 4) is 19.7 Å². The summed E-state index contributed by atoms with van der Waals surface area (Å²) in [5.74, 6) is 0. The first-order valence-electron chi connectivity index (χ1n) is 12.2. The third-order valence-electron chi connectivity index (χ3n) is 6.49. The second-order valence-corrected chi connectivity index (χ2v) is 11.1. The van der Waals surface area contributed by atoms with Crippen molar-refractivity contribution in [2.45, 2.75) is 60.0 Å². The molecule has 0 aliphatic rings. The summed E-state index contributed by atoms with van der Waals surface area (Å²) in [5, 5.41) is 0. The second kappa shape index (κ2) is 11.7. The Kier molecular flexibility index (Phi) is 9.17. The molecule has 0 saturated heterocycles. The van der Waals surface area contributed by atoms with Crippen LogP contribution in [0.2, 0.25) is 0 Å². The van der Waals surface area contributed by atoms with Gasteiger partial charge < -0.3 is 0 Å². The number of benzene rings is 2. The van der Waals surface area contributed by atoms with E-state index in [0.29, 0.717) is 5.70 Å².